The van der Waals surface area contributed by atoms with Gasteiger partial charge in [-0.05, 0) is 62.1 Å². The number of nitrogens with one attached hydrogen (secondary N) is 1. The number of para-hydroxylation sites is 1. The van der Waals surface area contributed by atoms with Crippen molar-refractivity contribution in [1.29, 1.82) is 0 Å². The first-order valence-corrected chi connectivity index (χ1v) is 8.10. The zero-order chi connectivity index (χ0) is 16.8. The Balaban J connectivity index is 1.79. The van der Waals surface area contributed by atoms with E-state index in [2.05, 4.69) is 5.32 Å². The normalized spacial score (nSPS) is 10.4. The lowest BCUT2D eigenvalue weighted by atomic mass is 10.1. The molecule has 1 N–H and O–H groups in total. The molecular weight excluding hydrogens is 310 g/mol. The van der Waals surface area contributed by atoms with E-state index in [0.717, 1.165) is 28.1 Å². The van der Waals surface area contributed by atoms with Crippen LogP contribution >= 0.6 is 11.6 Å². The molecule has 4 heteroatoms. The van der Waals surface area contributed by atoms with Gasteiger partial charge >= 0.3 is 0 Å². The van der Waals surface area contributed by atoms with Gasteiger partial charge in [-0.3, -0.25) is 4.79 Å². The number of carbonyl (C=O) groups is 1. The summed E-state index contributed by atoms with van der Waals surface area (Å²) >= 11 is 5.91. The first-order chi connectivity index (χ1) is 11.0. The maximum Gasteiger partial charge on any atom is 0.224 e. The third kappa shape index (κ3) is 5.00. The van der Waals surface area contributed by atoms with Crippen LogP contribution in [0.15, 0.2) is 36.4 Å². The molecule has 122 valence electrons. The molecule has 1 amide bonds. The predicted octanol–water partition coefficient (Wildman–Crippen LogP) is 5.06. The Morgan fingerprint density at radius 2 is 1.78 bits per heavy atom. The molecule has 0 bridgehead atoms. The number of benzene rings is 2. The molecule has 23 heavy (non-hydrogen) atoms. The number of hydrogen-bond acceptors (Lipinski definition) is 2. The van der Waals surface area contributed by atoms with Crippen LogP contribution in [0.5, 0.6) is 5.75 Å². The highest BCUT2D eigenvalue weighted by Crippen LogP contribution is 2.22. The number of hydrogen-bond donors (Lipinski definition) is 1. The van der Waals surface area contributed by atoms with Crippen LogP contribution in [0.1, 0.15) is 29.5 Å². The number of anilines is 1. The predicted molar refractivity (Wildman–Crippen MR) is 95.5 cm³/mol. The maximum atomic E-state index is 12.1. The first kappa shape index (κ1) is 17.4. The van der Waals surface area contributed by atoms with Crippen molar-refractivity contribution in [1.82, 2.24) is 0 Å². The molecule has 0 aliphatic heterocycles. The van der Waals surface area contributed by atoms with Crippen LogP contribution in [0, 0.1) is 20.8 Å². The van der Waals surface area contributed by atoms with Gasteiger partial charge in [0.25, 0.3) is 0 Å². The Morgan fingerprint density at radius 3 is 2.43 bits per heavy atom. The van der Waals surface area contributed by atoms with E-state index in [9.17, 15) is 4.79 Å². The summed E-state index contributed by atoms with van der Waals surface area (Å²) in [6.45, 7) is 6.45. The second kappa shape index (κ2) is 8.02. The van der Waals surface area contributed by atoms with E-state index in [1.54, 1.807) is 6.07 Å². The van der Waals surface area contributed by atoms with E-state index in [1.165, 1.54) is 0 Å². The number of ether oxygens (including phenoxy) is 1. The van der Waals surface area contributed by atoms with Crippen molar-refractivity contribution in [3.8, 4) is 5.75 Å². The number of carbonyl (C=O) groups excluding carboxylic acids is 1. The van der Waals surface area contributed by atoms with Gasteiger partial charge in [0.1, 0.15) is 5.75 Å². The van der Waals surface area contributed by atoms with Crippen LogP contribution in [0.2, 0.25) is 5.02 Å². The Labute approximate surface area is 142 Å². The zero-order valence-corrected chi connectivity index (χ0v) is 14.5. The van der Waals surface area contributed by atoms with Gasteiger partial charge in [-0.2, -0.15) is 0 Å². The quantitative estimate of drug-likeness (QED) is 0.751. The average molecular weight is 332 g/mol. The van der Waals surface area contributed by atoms with Crippen molar-refractivity contribution in [2.45, 2.75) is 33.6 Å². The Hall–Kier alpha value is -2.00. The number of amides is 1. The van der Waals surface area contributed by atoms with E-state index >= 15 is 0 Å². The monoisotopic (exact) mass is 331 g/mol. The van der Waals surface area contributed by atoms with Crippen LogP contribution < -0.4 is 10.1 Å². The van der Waals surface area contributed by atoms with Gasteiger partial charge in [0.15, 0.2) is 0 Å². The molecule has 0 radical (unpaired) electrons. The molecule has 0 atom stereocenters. The lowest BCUT2D eigenvalue weighted by molar-refractivity contribution is -0.116. The van der Waals surface area contributed by atoms with Gasteiger partial charge in [0, 0.05) is 17.1 Å². The molecule has 3 nitrogen and oxygen atoms in total. The topological polar surface area (TPSA) is 38.3 Å². The fourth-order valence-corrected chi connectivity index (χ4v) is 2.63. The van der Waals surface area contributed by atoms with Crippen molar-refractivity contribution < 1.29 is 9.53 Å². The maximum absolute atomic E-state index is 12.1. The first-order valence-electron chi connectivity index (χ1n) is 7.72. The molecule has 0 aliphatic rings. The van der Waals surface area contributed by atoms with Crippen LogP contribution in [0.3, 0.4) is 0 Å². The van der Waals surface area contributed by atoms with Crippen molar-refractivity contribution in [2.75, 3.05) is 11.9 Å². The van der Waals surface area contributed by atoms with Gasteiger partial charge < -0.3 is 10.1 Å². The molecule has 0 unspecified atom stereocenters. The highest BCUT2D eigenvalue weighted by molar-refractivity contribution is 6.30. The smallest absolute Gasteiger partial charge is 0.224 e. The number of halogens is 1. The Kier molecular flexibility index (Phi) is 6.05. The van der Waals surface area contributed by atoms with E-state index in [0.29, 0.717) is 24.5 Å². The lowest BCUT2D eigenvalue weighted by Crippen LogP contribution is -2.14. The van der Waals surface area contributed by atoms with E-state index in [4.69, 9.17) is 16.3 Å². The molecule has 0 spiro atoms. The van der Waals surface area contributed by atoms with Crippen molar-refractivity contribution in [3.05, 3.63) is 58.1 Å². The second-order valence-corrected chi connectivity index (χ2v) is 6.11. The van der Waals surface area contributed by atoms with Crippen molar-refractivity contribution >= 4 is 23.2 Å². The third-order valence-electron chi connectivity index (χ3n) is 3.69. The highest BCUT2D eigenvalue weighted by atomic mass is 35.5. The minimum Gasteiger partial charge on any atom is -0.493 e. The summed E-state index contributed by atoms with van der Waals surface area (Å²) in [5.41, 5.74) is 4.06. The molecule has 2 aromatic rings. The molecule has 2 rings (SSSR count). The molecule has 0 aliphatic carbocycles. The summed E-state index contributed by atoms with van der Waals surface area (Å²) in [7, 11) is 0. The molecule has 0 saturated carbocycles. The summed E-state index contributed by atoms with van der Waals surface area (Å²) in [6.07, 6.45) is 1.10. The third-order valence-corrected chi connectivity index (χ3v) is 3.92. The summed E-state index contributed by atoms with van der Waals surface area (Å²) in [4.78, 5) is 12.1. The van der Waals surface area contributed by atoms with Crippen molar-refractivity contribution in [3.63, 3.8) is 0 Å². The van der Waals surface area contributed by atoms with Crippen LogP contribution in [-0.4, -0.2) is 12.5 Å². The van der Waals surface area contributed by atoms with E-state index < -0.39 is 0 Å². The van der Waals surface area contributed by atoms with Crippen LogP contribution in [-0.2, 0) is 4.79 Å². The van der Waals surface area contributed by atoms with Gasteiger partial charge in [0.2, 0.25) is 5.91 Å². The minimum atomic E-state index is 0.0128. The van der Waals surface area contributed by atoms with Gasteiger partial charge in [0.05, 0.1) is 6.61 Å². The summed E-state index contributed by atoms with van der Waals surface area (Å²) in [5, 5.41) is 3.68. The molecule has 2 aromatic carbocycles. The largest absolute Gasteiger partial charge is 0.493 e. The fourth-order valence-electron chi connectivity index (χ4n) is 2.40. The Bertz CT molecular complexity index is 678. The zero-order valence-electron chi connectivity index (χ0n) is 13.8. The summed E-state index contributed by atoms with van der Waals surface area (Å²) < 4.78 is 5.70. The second-order valence-electron chi connectivity index (χ2n) is 5.68. The molecule has 0 aromatic heterocycles. The fraction of sp³-hybridized carbons (Fsp3) is 0.316. The van der Waals surface area contributed by atoms with Crippen LogP contribution in [0.4, 0.5) is 5.69 Å². The molecule has 0 fully saturated rings. The van der Waals surface area contributed by atoms with E-state index in [-0.39, 0.29) is 5.91 Å². The number of aryl methyl sites for hydroxylation is 3. The molecular formula is C19H22ClNO2. The van der Waals surface area contributed by atoms with E-state index in [1.807, 2.05) is 51.1 Å². The van der Waals surface area contributed by atoms with Gasteiger partial charge in [-0.25, -0.2) is 0 Å². The van der Waals surface area contributed by atoms with Gasteiger partial charge in [-0.15, -0.1) is 0 Å². The van der Waals surface area contributed by atoms with Gasteiger partial charge in [-0.1, -0.05) is 29.8 Å². The standard InChI is InChI=1S/C19H22ClNO2/c1-13-6-4-7-14(2)19(13)21-18(22)8-5-11-23-17-10-9-16(20)12-15(17)3/h4,6-7,9-10,12H,5,8,11H2,1-3H3,(H,21,22). The van der Waals surface area contributed by atoms with Crippen LogP contribution in [0.25, 0.3) is 0 Å². The average Bonchev–Trinajstić information content (AvgIpc) is 2.49. The minimum absolute atomic E-state index is 0.0128. The highest BCUT2D eigenvalue weighted by Gasteiger charge is 2.07. The molecule has 0 saturated heterocycles. The molecule has 0 heterocycles. The number of rotatable bonds is 6. The SMILES string of the molecule is Cc1cc(Cl)ccc1OCCCC(=O)Nc1c(C)cccc1C. The van der Waals surface area contributed by atoms with Crippen molar-refractivity contribution in [2.24, 2.45) is 0 Å². The summed E-state index contributed by atoms with van der Waals surface area (Å²) in [5.74, 6) is 0.823. The Morgan fingerprint density at radius 1 is 1.09 bits per heavy atom. The lowest BCUT2D eigenvalue weighted by Gasteiger charge is -2.12. The summed E-state index contributed by atoms with van der Waals surface area (Å²) in [6, 6.07) is 11.5.